The molecule has 0 aliphatic carbocycles. The molecular weight excluding hydrogens is 290 g/mol. The van der Waals surface area contributed by atoms with E-state index in [4.69, 9.17) is 5.73 Å². The topological polar surface area (TPSA) is 32.5 Å². The van der Waals surface area contributed by atoms with Gasteiger partial charge in [-0.1, -0.05) is 22.9 Å². The maximum Gasteiger partial charge on any atom is 0.0603 e. The SMILES string of the molecule is CCC1CN(C)CCCN1c1ccc(Br)cc1N. The van der Waals surface area contributed by atoms with Crippen molar-refractivity contribution in [3.05, 3.63) is 22.7 Å². The van der Waals surface area contributed by atoms with Gasteiger partial charge in [0.1, 0.15) is 0 Å². The number of hydrogen-bond acceptors (Lipinski definition) is 3. The van der Waals surface area contributed by atoms with E-state index < -0.39 is 0 Å². The second-order valence-electron chi connectivity index (χ2n) is 5.07. The minimum Gasteiger partial charge on any atom is -0.397 e. The lowest BCUT2D eigenvalue weighted by molar-refractivity contribution is 0.328. The van der Waals surface area contributed by atoms with Crippen LogP contribution in [0.2, 0.25) is 0 Å². The van der Waals surface area contributed by atoms with Gasteiger partial charge in [-0.05, 0) is 44.6 Å². The molecule has 18 heavy (non-hydrogen) atoms. The summed E-state index contributed by atoms with van der Waals surface area (Å²) in [5, 5.41) is 0. The summed E-state index contributed by atoms with van der Waals surface area (Å²) in [5.74, 6) is 0. The Hall–Kier alpha value is -0.740. The molecular formula is C14H22BrN3. The lowest BCUT2D eigenvalue weighted by Crippen LogP contribution is -2.40. The lowest BCUT2D eigenvalue weighted by Gasteiger charge is -2.33. The van der Waals surface area contributed by atoms with E-state index in [0.29, 0.717) is 6.04 Å². The summed E-state index contributed by atoms with van der Waals surface area (Å²) in [5.41, 5.74) is 8.22. The van der Waals surface area contributed by atoms with E-state index >= 15 is 0 Å². The van der Waals surface area contributed by atoms with Crippen LogP contribution in [0.5, 0.6) is 0 Å². The fourth-order valence-electron chi connectivity index (χ4n) is 2.70. The van der Waals surface area contributed by atoms with Gasteiger partial charge < -0.3 is 15.5 Å². The molecule has 1 fully saturated rings. The molecule has 1 heterocycles. The van der Waals surface area contributed by atoms with Crippen molar-refractivity contribution in [2.24, 2.45) is 0 Å². The van der Waals surface area contributed by atoms with Gasteiger partial charge in [-0.2, -0.15) is 0 Å². The average Bonchev–Trinajstić information content (AvgIpc) is 2.51. The number of halogens is 1. The average molecular weight is 312 g/mol. The smallest absolute Gasteiger partial charge is 0.0603 e. The zero-order chi connectivity index (χ0) is 13.1. The van der Waals surface area contributed by atoms with Gasteiger partial charge in [0.15, 0.2) is 0 Å². The predicted molar refractivity (Wildman–Crippen MR) is 82.1 cm³/mol. The zero-order valence-corrected chi connectivity index (χ0v) is 12.8. The fraction of sp³-hybridized carbons (Fsp3) is 0.571. The summed E-state index contributed by atoms with van der Waals surface area (Å²) in [7, 11) is 2.21. The first-order valence-corrected chi connectivity index (χ1v) is 7.41. The van der Waals surface area contributed by atoms with Crippen LogP contribution >= 0.6 is 15.9 Å². The molecule has 1 aromatic carbocycles. The van der Waals surface area contributed by atoms with Crippen LogP contribution in [0.15, 0.2) is 22.7 Å². The molecule has 0 aromatic heterocycles. The maximum atomic E-state index is 6.17. The molecule has 1 saturated heterocycles. The first kappa shape index (κ1) is 13.7. The molecule has 1 aromatic rings. The van der Waals surface area contributed by atoms with Crippen molar-refractivity contribution in [3.63, 3.8) is 0 Å². The Morgan fingerprint density at radius 3 is 2.83 bits per heavy atom. The van der Waals surface area contributed by atoms with E-state index in [9.17, 15) is 0 Å². The summed E-state index contributed by atoms with van der Waals surface area (Å²) >= 11 is 3.47. The van der Waals surface area contributed by atoms with E-state index in [-0.39, 0.29) is 0 Å². The monoisotopic (exact) mass is 311 g/mol. The van der Waals surface area contributed by atoms with Crippen LogP contribution in [0, 0.1) is 0 Å². The maximum absolute atomic E-state index is 6.17. The Morgan fingerprint density at radius 2 is 2.17 bits per heavy atom. The molecule has 100 valence electrons. The standard InChI is InChI=1S/C14H22BrN3/c1-3-12-10-17(2)7-4-8-18(12)14-6-5-11(15)9-13(14)16/h5-6,9,12H,3-4,7-8,10,16H2,1-2H3. The number of anilines is 2. The molecule has 0 saturated carbocycles. The number of hydrogen-bond donors (Lipinski definition) is 1. The predicted octanol–water partition coefficient (Wildman–Crippen LogP) is 2.95. The number of nitrogens with zero attached hydrogens (tertiary/aromatic N) is 2. The molecule has 1 aliphatic rings. The van der Waals surface area contributed by atoms with E-state index in [1.807, 2.05) is 6.07 Å². The van der Waals surface area contributed by atoms with Gasteiger partial charge >= 0.3 is 0 Å². The summed E-state index contributed by atoms with van der Waals surface area (Å²) in [6, 6.07) is 6.76. The number of nitrogen functional groups attached to an aromatic ring is 1. The Balaban J connectivity index is 2.28. The molecule has 3 nitrogen and oxygen atoms in total. The highest BCUT2D eigenvalue weighted by Crippen LogP contribution is 2.30. The second kappa shape index (κ2) is 5.93. The first-order valence-electron chi connectivity index (χ1n) is 6.62. The molecule has 4 heteroatoms. The van der Waals surface area contributed by atoms with E-state index in [1.54, 1.807) is 0 Å². The third-order valence-electron chi connectivity index (χ3n) is 3.67. The normalized spacial score (nSPS) is 21.9. The van der Waals surface area contributed by atoms with Crippen molar-refractivity contribution < 1.29 is 0 Å². The quantitative estimate of drug-likeness (QED) is 0.852. The third-order valence-corrected chi connectivity index (χ3v) is 4.17. The van der Waals surface area contributed by atoms with Gasteiger partial charge in [-0.15, -0.1) is 0 Å². The lowest BCUT2D eigenvalue weighted by atomic mass is 10.1. The van der Waals surface area contributed by atoms with Gasteiger partial charge in [0.25, 0.3) is 0 Å². The van der Waals surface area contributed by atoms with Crippen LogP contribution in [0.4, 0.5) is 11.4 Å². The van der Waals surface area contributed by atoms with Gasteiger partial charge in [-0.25, -0.2) is 0 Å². The molecule has 0 amide bonds. The van der Waals surface area contributed by atoms with Crippen molar-refractivity contribution in [1.82, 2.24) is 4.90 Å². The highest BCUT2D eigenvalue weighted by atomic mass is 79.9. The number of rotatable bonds is 2. The molecule has 0 radical (unpaired) electrons. The fourth-order valence-corrected chi connectivity index (χ4v) is 3.08. The number of benzene rings is 1. The van der Waals surface area contributed by atoms with Crippen LogP contribution in [-0.4, -0.2) is 37.6 Å². The number of likely N-dealkylation sites (N-methyl/N-ethyl adjacent to an activating group) is 1. The zero-order valence-electron chi connectivity index (χ0n) is 11.2. The Labute approximate surface area is 118 Å². The Bertz CT molecular complexity index is 408. The Kier molecular flexibility index (Phi) is 4.51. The van der Waals surface area contributed by atoms with Crippen LogP contribution < -0.4 is 10.6 Å². The van der Waals surface area contributed by atoms with Crippen molar-refractivity contribution in [2.75, 3.05) is 37.3 Å². The molecule has 2 N–H and O–H groups in total. The van der Waals surface area contributed by atoms with Crippen molar-refractivity contribution in [2.45, 2.75) is 25.8 Å². The minimum atomic E-state index is 0.556. The number of nitrogens with two attached hydrogens (primary N) is 1. The van der Waals surface area contributed by atoms with Gasteiger partial charge in [-0.3, -0.25) is 0 Å². The molecule has 0 spiro atoms. The van der Waals surface area contributed by atoms with Crippen LogP contribution in [-0.2, 0) is 0 Å². The van der Waals surface area contributed by atoms with Gasteiger partial charge in [0.05, 0.1) is 11.4 Å². The summed E-state index contributed by atoms with van der Waals surface area (Å²) in [4.78, 5) is 4.90. The molecule has 2 rings (SSSR count). The largest absolute Gasteiger partial charge is 0.397 e. The second-order valence-corrected chi connectivity index (χ2v) is 5.99. The summed E-state index contributed by atoms with van der Waals surface area (Å²) in [6.07, 6.45) is 2.35. The van der Waals surface area contributed by atoms with Gasteiger partial charge in [0.2, 0.25) is 0 Å². The van der Waals surface area contributed by atoms with Crippen LogP contribution in [0.1, 0.15) is 19.8 Å². The van der Waals surface area contributed by atoms with E-state index in [2.05, 4.69) is 51.8 Å². The summed E-state index contributed by atoms with van der Waals surface area (Å²) in [6.45, 7) is 5.63. The van der Waals surface area contributed by atoms with Crippen molar-refractivity contribution in [3.8, 4) is 0 Å². The minimum absolute atomic E-state index is 0.556. The van der Waals surface area contributed by atoms with Crippen LogP contribution in [0.25, 0.3) is 0 Å². The Morgan fingerprint density at radius 1 is 1.39 bits per heavy atom. The highest BCUT2D eigenvalue weighted by Gasteiger charge is 2.23. The third kappa shape index (κ3) is 2.98. The van der Waals surface area contributed by atoms with Crippen molar-refractivity contribution >= 4 is 27.3 Å². The van der Waals surface area contributed by atoms with Gasteiger partial charge in [0, 0.05) is 23.6 Å². The molecule has 1 unspecified atom stereocenters. The first-order chi connectivity index (χ1) is 8.61. The van der Waals surface area contributed by atoms with E-state index in [0.717, 1.165) is 29.7 Å². The molecule has 1 atom stereocenters. The molecule has 1 aliphatic heterocycles. The van der Waals surface area contributed by atoms with E-state index in [1.165, 1.54) is 18.7 Å². The molecule has 0 bridgehead atoms. The summed E-state index contributed by atoms with van der Waals surface area (Å²) < 4.78 is 1.05. The van der Waals surface area contributed by atoms with Crippen LogP contribution in [0.3, 0.4) is 0 Å². The highest BCUT2D eigenvalue weighted by molar-refractivity contribution is 9.10. The van der Waals surface area contributed by atoms with Crippen molar-refractivity contribution in [1.29, 1.82) is 0 Å².